The predicted molar refractivity (Wildman–Crippen MR) is 182 cm³/mol. The van der Waals surface area contributed by atoms with Gasteiger partial charge >= 0.3 is 0 Å². The highest BCUT2D eigenvalue weighted by Crippen LogP contribution is 2.22. The summed E-state index contributed by atoms with van der Waals surface area (Å²) in [6, 6.07) is 27.5. The SMILES string of the molecule is CC(C)c1nnc2ccc(NCc3ccc(Cl)cc3)nn12.Fc1ccc(Nc2nc(NCc3ccccc3)c3nccnc3n2)cc1. The van der Waals surface area contributed by atoms with E-state index in [1.807, 2.05) is 66.7 Å². The Bertz CT molecular complexity index is 2070. The van der Waals surface area contributed by atoms with Crippen LogP contribution in [0.25, 0.3) is 16.8 Å². The van der Waals surface area contributed by atoms with Crippen LogP contribution in [0.2, 0.25) is 5.02 Å². The van der Waals surface area contributed by atoms with Crippen molar-refractivity contribution in [3.63, 3.8) is 0 Å². The zero-order chi connectivity index (χ0) is 32.6. The van der Waals surface area contributed by atoms with Gasteiger partial charge in [-0.2, -0.15) is 14.5 Å². The van der Waals surface area contributed by atoms with Crippen LogP contribution in [-0.4, -0.2) is 39.7 Å². The summed E-state index contributed by atoms with van der Waals surface area (Å²) in [5.41, 5.74) is 4.78. The molecule has 0 fully saturated rings. The lowest BCUT2D eigenvalue weighted by molar-refractivity contribution is 0.628. The van der Waals surface area contributed by atoms with Gasteiger partial charge in [0.2, 0.25) is 5.95 Å². The molecule has 0 amide bonds. The third-order valence-corrected chi connectivity index (χ3v) is 7.18. The number of nitrogens with one attached hydrogen (secondary N) is 3. The molecule has 0 aliphatic carbocycles. The summed E-state index contributed by atoms with van der Waals surface area (Å²) in [6.07, 6.45) is 3.18. The third kappa shape index (κ3) is 8.10. The lowest BCUT2D eigenvalue weighted by Gasteiger charge is -2.11. The van der Waals surface area contributed by atoms with Gasteiger partial charge in [-0.1, -0.05) is 67.9 Å². The molecule has 13 heteroatoms. The monoisotopic (exact) mass is 647 g/mol. The highest BCUT2D eigenvalue weighted by atomic mass is 35.5. The molecule has 0 unspecified atom stereocenters. The Morgan fingerprint density at radius 3 is 2.26 bits per heavy atom. The number of nitrogens with zero attached hydrogens (tertiary/aromatic N) is 8. The first-order chi connectivity index (χ1) is 22.9. The second-order valence-electron chi connectivity index (χ2n) is 10.8. The Labute approximate surface area is 275 Å². The van der Waals surface area contributed by atoms with Crippen molar-refractivity contribution in [3.05, 3.63) is 131 Å². The lowest BCUT2D eigenvalue weighted by atomic mass is 10.2. The summed E-state index contributed by atoms with van der Waals surface area (Å²) in [6.45, 7) is 5.44. The van der Waals surface area contributed by atoms with E-state index in [1.165, 1.54) is 12.1 Å². The van der Waals surface area contributed by atoms with Gasteiger partial charge in [-0.25, -0.2) is 14.4 Å². The van der Waals surface area contributed by atoms with E-state index < -0.39 is 0 Å². The van der Waals surface area contributed by atoms with Gasteiger partial charge in [0, 0.05) is 42.1 Å². The van der Waals surface area contributed by atoms with Crippen LogP contribution in [0, 0.1) is 5.82 Å². The molecule has 7 aromatic rings. The van der Waals surface area contributed by atoms with Gasteiger partial charge in [0.1, 0.15) is 11.6 Å². The Balaban J connectivity index is 0.000000168. The van der Waals surface area contributed by atoms with Crippen LogP contribution in [0.5, 0.6) is 0 Å². The summed E-state index contributed by atoms with van der Waals surface area (Å²) >= 11 is 5.88. The fraction of sp³-hybridized carbons (Fsp3) is 0.147. The molecule has 0 spiro atoms. The second-order valence-corrected chi connectivity index (χ2v) is 11.2. The van der Waals surface area contributed by atoms with Crippen LogP contribution < -0.4 is 16.0 Å². The van der Waals surface area contributed by atoms with Gasteiger partial charge in [-0.05, 0) is 59.7 Å². The van der Waals surface area contributed by atoms with Crippen LogP contribution in [-0.2, 0) is 13.1 Å². The number of hydrogen-bond acceptors (Lipinski definition) is 10. The average molecular weight is 648 g/mol. The van der Waals surface area contributed by atoms with E-state index in [9.17, 15) is 4.39 Å². The van der Waals surface area contributed by atoms with Gasteiger partial charge in [0.05, 0.1) is 0 Å². The van der Waals surface area contributed by atoms with Crippen molar-refractivity contribution in [2.45, 2.75) is 32.9 Å². The van der Waals surface area contributed by atoms with Gasteiger partial charge < -0.3 is 16.0 Å². The molecule has 7 rings (SSSR count). The molecule has 3 N–H and O–H groups in total. The molecule has 4 heterocycles. The van der Waals surface area contributed by atoms with E-state index in [2.05, 4.69) is 65.0 Å². The van der Waals surface area contributed by atoms with Crippen molar-refractivity contribution in [2.75, 3.05) is 16.0 Å². The van der Waals surface area contributed by atoms with E-state index in [-0.39, 0.29) is 11.7 Å². The van der Waals surface area contributed by atoms with E-state index in [4.69, 9.17) is 11.6 Å². The maximum absolute atomic E-state index is 13.1. The van der Waals surface area contributed by atoms with Crippen molar-refractivity contribution in [1.29, 1.82) is 0 Å². The Kier molecular flexibility index (Phi) is 9.68. The van der Waals surface area contributed by atoms with Gasteiger partial charge in [0.15, 0.2) is 28.5 Å². The number of fused-ring (bicyclic) bond motifs is 2. The van der Waals surface area contributed by atoms with E-state index >= 15 is 0 Å². The Hall–Kier alpha value is -5.75. The molecule has 0 saturated carbocycles. The maximum Gasteiger partial charge on any atom is 0.231 e. The minimum Gasteiger partial charge on any atom is -0.365 e. The maximum atomic E-state index is 13.1. The molecule has 4 aromatic heterocycles. The Morgan fingerprint density at radius 2 is 1.49 bits per heavy atom. The van der Waals surface area contributed by atoms with Crippen LogP contribution in [0.15, 0.2) is 103 Å². The van der Waals surface area contributed by atoms with Crippen molar-refractivity contribution in [1.82, 2.24) is 39.7 Å². The first-order valence-electron chi connectivity index (χ1n) is 14.9. The van der Waals surface area contributed by atoms with Crippen LogP contribution in [0.1, 0.15) is 36.7 Å². The highest BCUT2D eigenvalue weighted by Gasteiger charge is 2.12. The number of hydrogen-bond donors (Lipinski definition) is 3. The first-order valence-corrected chi connectivity index (χ1v) is 15.3. The zero-order valence-corrected chi connectivity index (χ0v) is 26.4. The van der Waals surface area contributed by atoms with Gasteiger partial charge in [0.25, 0.3) is 0 Å². The molecule has 47 heavy (non-hydrogen) atoms. The van der Waals surface area contributed by atoms with Crippen molar-refractivity contribution in [2.24, 2.45) is 0 Å². The standard InChI is InChI=1S/C19H15FN6.C15H16ClN5/c20-14-6-8-15(9-7-14)24-19-25-17-16(21-10-11-22-17)18(26-19)23-12-13-4-2-1-3-5-13;1-10(2)15-19-18-14-8-7-13(20-21(14)15)17-9-11-3-5-12(16)6-4-11/h1-11H,12H2,(H2,22,23,24,25,26);3-8,10H,9H2,1-2H3,(H,17,20). The van der Waals surface area contributed by atoms with Crippen LogP contribution >= 0.6 is 11.6 Å². The lowest BCUT2D eigenvalue weighted by Crippen LogP contribution is -2.07. The molecule has 11 nitrogen and oxygen atoms in total. The molecule has 236 valence electrons. The van der Waals surface area contributed by atoms with Crippen molar-refractivity contribution < 1.29 is 4.39 Å². The summed E-state index contributed by atoms with van der Waals surface area (Å²) < 4.78 is 14.9. The number of halogens is 2. The fourth-order valence-electron chi connectivity index (χ4n) is 4.54. The quantitative estimate of drug-likeness (QED) is 0.145. The number of benzene rings is 3. The predicted octanol–water partition coefficient (Wildman–Crippen LogP) is 7.43. The van der Waals surface area contributed by atoms with Gasteiger partial charge in [-0.3, -0.25) is 0 Å². The van der Waals surface area contributed by atoms with Crippen LogP contribution in [0.3, 0.4) is 0 Å². The molecule has 3 aromatic carbocycles. The number of aromatic nitrogens is 8. The Morgan fingerprint density at radius 1 is 0.766 bits per heavy atom. The average Bonchev–Trinajstić information content (AvgIpc) is 3.53. The minimum atomic E-state index is -0.300. The summed E-state index contributed by atoms with van der Waals surface area (Å²) in [7, 11) is 0. The number of anilines is 4. The smallest absolute Gasteiger partial charge is 0.231 e. The summed E-state index contributed by atoms with van der Waals surface area (Å²) in [5.74, 6) is 2.57. The molecule has 0 aliphatic rings. The second kappa shape index (κ2) is 14.6. The highest BCUT2D eigenvalue weighted by molar-refractivity contribution is 6.30. The molecule has 0 bridgehead atoms. The molecule has 0 saturated heterocycles. The van der Waals surface area contributed by atoms with Crippen molar-refractivity contribution in [3.8, 4) is 0 Å². The zero-order valence-electron chi connectivity index (χ0n) is 25.6. The van der Waals surface area contributed by atoms with Crippen LogP contribution in [0.4, 0.5) is 27.7 Å². The number of rotatable bonds is 9. The molecular formula is C34H31ClFN11. The van der Waals surface area contributed by atoms with E-state index in [1.54, 1.807) is 29.0 Å². The molecule has 0 radical (unpaired) electrons. The largest absolute Gasteiger partial charge is 0.365 e. The molecular weight excluding hydrogens is 617 g/mol. The summed E-state index contributed by atoms with van der Waals surface area (Å²) in [5, 5.41) is 23.2. The minimum absolute atomic E-state index is 0.277. The normalized spacial score (nSPS) is 10.9. The fourth-order valence-corrected chi connectivity index (χ4v) is 4.67. The molecule has 0 aliphatic heterocycles. The topological polar surface area (TPSA) is 131 Å². The van der Waals surface area contributed by atoms with E-state index in [0.717, 1.165) is 33.4 Å². The summed E-state index contributed by atoms with van der Waals surface area (Å²) in [4.78, 5) is 17.5. The molecule has 0 atom stereocenters. The van der Waals surface area contributed by atoms with E-state index in [0.29, 0.717) is 41.7 Å². The third-order valence-electron chi connectivity index (χ3n) is 6.93. The van der Waals surface area contributed by atoms with Crippen molar-refractivity contribution >= 4 is 51.7 Å². The van der Waals surface area contributed by atoms with Gasteiger partial charge in [-0.15, -0.1) is 15.3 Å². The first kappa shape index (κ1) is 31.2.